The van der Waals surface area contributed by atoms with Crippen LogP contribution >= 0.6 is 11.8 Å². The van der Waals surface area contributed by atoms with Crippen LogP contribution in [-0.2, 0) is 0 Å². The fraction of sp³-hybridized carbons (Fsp3) is 0.133. The smallest absolute Gasteiger partial charge is 0.153 e. The summed E-state index contributed by atoms with van der Waals surface area (Å²) in [5.74, 6) is 1.08. The fourth-order valence-corrected chi connectivity index (χ4v) is 2.45. The summed E-state index contributed by atoms with van der Waals surface area (Å²) < 4.78 is 0. The molecule has 2 nitrogen and oxygen atoms in total. The van der Waals surface area contributed by atoms with E-state index in [1.165, 1.54) is 4.90 Å². The molecule has 2 rings (SSSR count). The third kappa shape index (κ3) is 2.57. The number of rotatable bonds is 4. The number of carbonyl (C=O) groups is 1. The molecule has 0 saturated heterocycles. The standard InChI is InChI=1S/C15H14O2S/c1-2-18-13-8-6-11(7-9-13)14-5-3-4-12(10-16)15(14)17/h3-10,17H,2H2,1H3. The van der Waals surface area contributed by atoms with Crippen molar-refractivity contribution in [1.82, 2.24) is 0 Å². The van der Waals surface area contributed by atoms with Crippen molar-refractivity contribution in [2.24, 2.45) is 0 Å². The zero-order valence-corrected chi connectivity index (χ0v) is 10.9. The van der Waals surface area contributed by atoms with Crippen molar-refractivity contribution in [3.63, 3.8) is 0 Å². The summed E-state index contributed by atoms with van der Waals surface area (Å²) >= 11 is 1.77. The van der Waals surface area contributed by atoms with Gasteiger partial charge in [-0.05, 0) is 29.5 Å². The maximum absolute atomic E-state index is 10.8. The summed E-state index contributed by atoms with van der Waals surface area (Å²) in [5, 5.41) is 9.98. The highest BCUT2D eigenvalue weighted by molar-refractivity contribution is 7.99. The van der Waals surface area contributed by atoms with E-state index in [0.717, 1.165) is 11.3 Å². The lowest BCUT2D eigenvalue weighted by molar-refractivity contribution is 0.112. The Bertz CT molecular complexity index is 547. The molecule has 0 aliphatic carbocycles. The predicted molar refractivity (Wildman–Crippen MR) is 75.3 cm³/mol. The van der Waals surface area contributed by atoms with Gasteiger partial charge in [-0.2, -0.15) is 0 Å². The van der Waals surface area contributed by atoms with Crippen molar-refractivity contribution in [1.29, 1.82) is 0 Å². The lowest BCUT2D eigenvalue weighted by Crippen LogP contribution is -1.85. The van der Waals surface area contributed by atoms with Gasteiger partial charge in [-0.15, -0.1) is 11.8 Å². The van der Waals surface area contributed by atoms with Crippen LogP contribution in [0.1, 0.15) is 17.3 Å². The highest BCUT2D eigenvalue weighted by Gasteiger charge is 2.08. The van der Waals surface area contributed by atoms with E-state index in [1.54, 1.807) is 23.9 Å². The molecule has 2 aromatic rings. The normalized spacial score (nSPS) is 10.3. The largest absolute Gasteiger partial charge is 0.507 e. The summed E-state index contributed by atoms with van der Waals surface area (Å²) in [7, 11) is 0. The van der Waals surface area contributed by atoms with Crippen LogP contribution in [0.4, 0.5) is 0 Å². The van der Waals surface area contributed by atoms with Gasteiger partial charge in [-0.25, -0.2) is 0 Å². The molecule has 0 heterocycles. The summed E-state index contributed by atoms with van der Waals surface area (Å²) in [6.07, 6.45) is 0.667. The number of hydrogen-bond acceptors (Lipinski definition) is 3. The van der Waals surface area contributed by atoms with Gasteiger partial charge in [0.1, 0.15) is 5.75 Å². The number of para-hydroxylation sites is 1. The molecule has 0 aliphatic rings. The quantitative estimate of drug-likeness (QED) is 0.665. The molecule has 0 bridgehead atoms. The van der Waals surface area contributed by atoms with E-state index in [2.05, 4.69) is 6.92 Å². The van der Waals surface area contributed by atoms with Crippen LogP contribution in [0.15, 0.2) is 47.4 Å². The van der Waals surface area contributed by atoms with Crippen LogP contribution in [0, 0.1) is 0 Å². The highest BCUT2D eigenvalue weighted by Crippen LogP contribution is 2.32. The first-order valence-corrected chi connectivity index (χ1v) is 6.75. The number of aromatic hydroxyl groups is 1. The van der Waals surface area contributed by atoms with Gasteiger partial charge in [0.15, 0.2) is 6.29 Å². The Kier molecular flexibility index (Phi) is 4.05. The van der Waals surface area contributed by atoms with Crippen LogP contribution in [0.2, 0.25) is 0 Å². The minimum absolute atomic E-state index is 0.0448. The van der Waals surface area contributed by atoms with Gasteiger partial charge in [0.05, 0.1) is 5.56 Å². The molecule has 0 aromatic heterocycles. The zero-order valence-electron chi connectivity index (χ0n) is 10.1. The molecule has 1 N–H and O–H groups in total. The number of carbonyl (C=O) groups excluding carboxylic acids is 1. The SMILES string of the molecule is CCSc1ccc(-c2cccc(C=O)c2O)cc1. The van der Waals surface area contributed by atoms with E-state index in [-0.39, 0.29) is 5.75 Å². The van der Waals surface area contributed by atoms with Crippen molar-refractivity contribution >= 4 is 18.0 Å². The van der Waals surface area contributed by atoms with E-state index in [1.807, 2.05) is 30.3 Å². The number of thioether (sulfide) groups is 1. The summed E-state index contributed by atoms with van der Waals surface area (Å²) in [5.41, 5.74) is 1.92. The average Bonchev–Trinajstić information content (AvgIpc) is 2.41. The monoisotopic (exact) mass is 258 g/mol. The molecular formula is C15H14O2S. The lowest BCUT2D eigenvalue weighted by Gasteiger charge is -2.07. The first-order valence-electron chi connectivity index (χ1n) is 5.76. The Hall–Kier alpha value is -1.74. The van der Waals surface area contributed by atoms with Gasteiger partial charge < -0.3 is 5.11 Å². The first-order chi connectivity index (χ1) is 8.76. The Labute approximate surface area is 111 Å². The second kappa shape index (κ2) is 5.74. The van der Waals surface area contributed by atoms with Gasteiger partial charge >= 0.3 is 0 Å². The van der Waals surface area contributed by atoms with E-state index in [4.69, 9.17) is 0 Å². The molecule has 0 unspecified atom stereocenters. The van der Waals surface area contributed by atoms with Gasteiger partial charge in [-0.1, -0.05) is 31.2 Å². The fourth-order valence-electron chi connectivity index (χ4n) is 1.79. The Morgan fingerprint density at radius 3 is 2.50 bits per heavy atom. The molecule has 92 valence electrons. The number of aldehydes is 1. The first kappa shape index (κ1) is 12.7. The molecule has 18 heavy (non-hydrogen) atoms. The molecule has 2 aromatic carbocycles. The van der Waals surface area contributed by atoms with Crippen molar-refractivity contribution in [2.45, 2.75) is 11.8 Å². The second-order valence-electron chi connectivity index (χ2n) is 3.82. The van der Waals surface area contributed by atoms with E-state index in [9.17, 15) is 9.90 Å². The average molecular weight is 258 g/mol. The third-order valence-corrected chi connectivity index (χ3v) is 3.56. The Balaban J connectivity index is 2.39. The van der Waals surface area contributed by atoms with E-state index >= 15 is 0 Å². The van der Waals surface area contributed by atoms with Crippen molar-refractivity contribution in [2.75, 3.05) is 5.75 Å². The summed E-state index contributed by atoms with van der Waals surface area (Å²) in [4.78, 5) is 12.0. The van der Waals surface area contributed by atoms with Crippen LogP contribution < -0.4 is 0 Å². The molecule has 0 aliphatic heterocycles. The van der Waals surface area contributed by atoms with Crippen LogP contribution in [0.5, 0.6) is 5.75 Å². The zero-order chi connectivity index (χ0) is 13.0. The topological polar surface area (TPSA) is 37.3 Å². The van der Waals surface area contributed by atoms with Gasteiger partial charge in [0, 0.05) is 10.5 Å². The molecule has 0 fully saturated rings. The Morgan fingerprint density at radius 1 is 1.17 bits per heavy atom. The number of phenolic OH excluding ortho intramolecular Hbond substituents is 1. The highest BCUT2D eigenvalue weighted by atomic mass is 32.2. The van der Waals surface area contributed by atoms with Gasteiger partial charge in [0.25, 0.3) is 0 Å². The maximum Gasteiger partial charge on any atom is 0.153 e. The van der Waals surface area contributed by atoms with E-state index in [0.29, 0.717) is 17.4 Å². The maximum atomic E-state index is 10.8. The van der Waals surface area contributed by atoms with Gasteiger partial charge in [-0.3, -0.25) is 4.79 Å². The van der Waals surface area contributed by atoms with Crippen molar-refractivity contribution < 1.29 is 9.90 Å². The molecule has 0 amide bonds. The summed E-state index contributed by atoms with van der Waals surface area (Å²) in [6.45, 7) is 2.11. The molecule has 0 atom stereocenters. The number of hydrogen-bond donors (Lipinski definition) is 1. The molecular weight excluding hydrogens is 244 g/mol. The third-order valence-electron chi connectivity index (χ3n) is 2.67. The molecule has 0 saturated carbocycles. The van der Waals surface area contributed by atoms with Crippen LogP contribution in [0.3, 0.4) is 0 Å². The summed E-state index contributed by atoms with van der Waals surface area (Å²) in [6, 6.07) is 13.2. The van der Waals surface area contributed by atoms with Crippen molar-refractivity contribution in [3.05, 3.63) is 48.0 Å². The molecule has 0 radical (unpaired) electrons. The molecule has 0 spiro atoms. The van der Waals surface area contributed by atoms with Crippen LogP contribution in [0.25, 0.3) is 11.1 Å². The minimum atomic E-state index is 0.0448. The Morgan fingerprint density at radius 2 is 1.89 bits per heavy atom. The molecule has 3 heteroatoms. The second-order valence-corrected chi connectivity index (χ2v) is 5.16. The number of benzene rings is 2. The lowest BCUT2D eigenvalue weighted by atomic mass is 10.0. The van der Waals surface area contributed by atoms with Crippen molar-refractivity contribution in [3.8, 4) is 16.9 Å². The predicted octanol–water partition coefficient (Wildman–Crippen LogP) is 3.98. The minimum Gasteiger partial charge on any atom is -0.507 e. The van der Waals surface area contributed by atoms with Gasteiger partial charge in [0.2, 0.25) is 0 Å². The van der Waals surface area contributed by atoms with Crippen LogP contribution in [-0.4, -0.2) is 17.1 Å². The van der Waals surface area contributed by atoms with E-state index < -0.39 is 0 Å². The number of phenols is 1.